The van der Waals surface area contributed by atoms with Gasteiger partial charge in [0, 0.05) is 49.6 Å². The molecule has 0 unspecified atom stereocenters. The number of aliphatic carboxylic acids is 1. The van der Waals surface area contributed by atoms with E-state index in [9.17, 15) is 80.6 Å². The number of carboxylic acids is 1. The normalized spacial score (nSPS) is 15.0. The summed E-state index contributed by atoms with van der Waals surface area (Å²) in [6.07, 6.45) is 0.542. The number of carbonyl (C=O) groups is 14. The van der Waals surface area contributed by atoms with Crippen molar-refractivity contribution >= 4 is 110 Å². The van der Waals surface area contributed by atoms with Crippen LogP contribution in [0.25, 0.3) is 10.9 Å². The molecule has 0 saturated carbocycles. The van der Waals surface area contributed by atoms with Crippen LogP contribution < -0.4 is 84.7 Å². The molecule has 9 atom stereocenters. The van der Waals surface area contributed by atoms with Gasteiger partial charge in [-0.2, -0.15) is 0 Å². The molecule has 1 aliphatic rings. The number of benzene rings is 2. The molecule has 12 amide bonds. The number of unbranched alkanes of at least 4 members (excludes halogenated alkanes) is 2. The molecular formula is C83H133N17O21S. The van der Waals surface area contributed by atoms with Crippen molar-refractivity contribution in [2.75, 3.05) is 39.3 Å². The summed E-state index contributed by atoms with van der Waals surface area (Å²) in [5, 5.41) is 41.1. The molecule has 39 heteroatoms. The van der Waals surface area contributed by atoms with Crippen LogP contribution in [-0.2, 0) is 89.8 Å². The van der Waals surface area contributed by atoms with Gasteiger partial charge in [0.25, 0.3) is 10.0 Å². The average Bonchev–Trinajstić information content (AvgIpc) is 1.54. The van der Waals surface area contributed by atoms with E-state index >= 15 is 0 Å². The van der Waals surface area contributed by atoms with Gasteiger partial charge >= 0.3 is 24.2 Å². The van der Waals surface area contributed by atoms with E-state index < -0.39 is 196 Å². The third kappa shape index (κ3) is 34.6. The van der Waals surface area contributed by atoms with Crippen LogP contribution in [0.4, 0.5) is 14.4 Å². The number of sulfonamides is 1. The van der Waals surface area contributed by atoms with Crippen molar-refractivity contribution in [1.82, 2.24) is 73.1 Å². The Hall–Kier alpha value is -10.9. The summed E-state index contributed by atoms with van der Waals surface area (Å²) in [5.41, 5.74) is 12.4. The lowest BCUT2D eigenvalue weighted by Gasteiger charge is -2.29. The minimum atomic E-state index is -4.35. The molecule has 122 heavy (non-hydrogen) atoms. The molecule has 18 N–H and O–H groups in total. The van der Waals surface area contributed by atoms with Crippen molar-refractivity contribution < 1.29 is 99.6 Å². The van der Waals surface area contributed by atoms with Crippen molar-refractivity contribution in [2.45, 2.75) is 298 Å². The van der Waals surface area contributed by atoms with Crippen molar-refractivity contribution in [1.29, 1.82) is 0 Å². The molecule has 38 nitrogen and oxygen atoms in total. The fourth-order valence-corrected chi connectivity index (χ4v) is 14.5. The zero-order valence-corrected chi connectivity index (χ0v) is 75.4. The number of para-hydroxylation sites is 1. The molecule has 1 aromatic heterocycles. The molecule has 682 valence electrons. The fourth-order valence-electron chi connectivity index (χ4n) is 12.9. The van der Waals surface area contributed by atoms with Crippen LogP contribution in [0.3, 0.4) is 0 Å². The Bertz CT molecular complexity index is 4370. The van der Waals surface area contributed by atoms with Gasteiger partial charge in [-0.3, -0.25) is 57.5 Å². The molecule has 0 fully saturated rings. The fraction of sp³-hybridized carbons (Fsp3) is 0.651. The molecule has 0 bridgehead atoms. The molecule has 0 radical (unpaired) electrons. The number of carbonyl (C=O) groups excluding carboxylic acids is 13. The van der Waals surface area contributed by atoms with E-state index in [1.807, 2.05) is 20.8 Å². The van der Waals surface area contributed by atoms with E-state index in [0.29, 0.717) is 58.2 Å². The summed E-state index contributed by atoms with van der Waals surface area (Å²) in [7, 11) is -4.35. The molecule has 3 aromatic rings. The number of nitrogens with zero attached hydrogens (tertiary/aromatic N) is 2. The van der Waals surface area contributed by atoms with Gasteiger partial charge in [-0.1, -0.05) is 66.2 Å². The monoisotopic (exact) mass is 1740 g/mol. The topological polar surface area (TPSA) is 556 Å². The average molecular weight is 1740 g/mol. The molecule has 2 heterocycles. The van der Waals surface area contributed by atoms with Crippen molar-refractivity contribution in [2.24, 2.45) is 34.2 Å². The van der Waals surface area contributed by atoms with Crippen LogP contribution in [0.1, 0.15) is 217 Å². The Morgan fingerprint density at radius 3 is 1.61 bits per heavy atom. The van der Waals surface area contributed by atoms with Crippen molar-refractivity contribution in [3.05, 3.63) is 58.3 Å². The maximum Gasteiger partial charge on any atom is 0.419 e. The highest BCUT2D eigenvalue weighted by molar-refractivity contribution is 7.90. The van der Waals surface area contributed by atoms with Crippen molar-refractivity contribution in [3.63, 3.8) is 0 Å². The number of amides is 12. The van der Waals surface area contributed by atoms with Crippen LogP contribution in [0, 0.1) is 38.5 Å². The predicted molar refractivity (Wildman–Crippen MR) is 456 cm³/mol. The van der Waals surface area contributed by atoms with E-state index in [-0.39, 0.29) is 94.2 Å². The number of fused-ring (bicyclic) bond motifs is 2. The smallest absolute Gasteiger partial charge is 0.419 e. The Balaban J connectivity index is 1.62. The van der Waals surface area contributed by atoms with Gasteiger partial charge in [-0.25, -0.2) is 32.3 Å². The van der Waals surface area contributed by atoms with E-state index in [4.69, 9.17) is 30.4 Å². The van der Waals surface area contributed by atoms with Crippen LogP contribution in [-0.4, -0.2) is 217 Å². The third-order valence-corrected chi connectivity index (χ3v) is 21.1. The maximum atomic E-state index is 15.0. The first kappa shape index (κ1) is 103. The van der Waals surface area contributed by atoms with E-state index in [2.05, 4.69) is 73.5 Å². The largest absolute Gasteiger partial charge is 0.487 e. The van der Waals surface area contributed by atoms with Gasteiger partial charge in [-0.05, 0) is 208 Å². The quantitative estimate of drug-likeness (QED) is 0.0165. The molecule has 0 spiro atoms. The van der Waals surface area contributed by atoms with Gasteiger partial charge in [0.05, 0.1) is 36.1 Å². The number of hydrogen-bond acceptors (Lipinski definition) is 22. The number of aromatic nitrogens is 1. The lowest BCUT2D eigenvalue weighted by molar-refractivity contribution is -0.142. The Kier molecular flexibility index (Phi) is 39.4. The summed E-state index contributed by atoms with van der Waals surface area (Å²) in [5.74, 6) is -11.3. The van der Waals surface area contributed by atoms with Crippen molar-refractivity contribution in [3.8, 4) is 5.75 Å². The summed E-state index contributed by atoms with van der Waals surface area (Å²) >= 11 is 0. The molecule has 1 aliphatic heterocycles. The Labute approximate surface area is 715 Å². The number of guanidine groups is 1. The number of nitrogens with one attached hydrogen (secondary N) is 13. The highest BCUT2D eigenvalue weighted by Crippen LogP contribution is 2.44. The molecule has 0 aliphatic carbocycles. The zero-order chi connectivity index (χ0) is 92.3. The lowest BCUT2D eigenvalue weighted by Crippen LogP contribution is -2.60. The second-order valence-corrected chi connectivity index (χ2v) is 36.7. The van der Waals surface area contributed by atoms with E-state index in [1.165, 1.54) is 17.7 Å². The van der Waals surface area contributed by atoms with Gasteiger partial charge in [0.1, 0.15) is 70.4 Å². The second-order valence-electron chi connectivity index (χ2n) is 35.1. The standard InChI is InChI=1S/C83H133N17O21S/c1-22-47(6)64(84)73(109)92-51(10)68(104)96-59(39-52-44-100(79(115)121-82(17,18)19)60-34-24-23-30-53(52)60)71(107)97-58(38-45(2)3)72(108)98-65(46(4)5)74(110)95-56(31-25-27-35-87-77(113)119-80(11,12)13)70(106)91-43-63(103)93-55(33-29-37-86-76(85)99-122(116,117)67-49(8)48(7)66-54(50(67)9)40-83(20,21)118-66)69(105)90-41-61(101)89-42-62(102)94-57(75(111)112)32-26-28-36-88-78(114)120-81(14,15)16/h23-24,30,34,44-47,51,55-59,64-65H,22,25-29,31-33,35-43,84H2,1-21H3,(H,87,113)(H,88,114)(H,89,101)(H,90,105)(H,91,106)(H,92,109)(H,93,103)(H,94,102)(H,95,110)(H,96,104)(H,97,107)(H,98,108)(H,111,112)(H3,85,86,99)/t47-,51-,55-,56-,57-,58-,59-,64-,65-/m0/s1. The third-order valence-electron chi connectivity index (χ3n) is 19.5. The van der Waals surface area contributed by atoms with Crippen LogP contribution in [0.5, 0.6) is 5.75 Å². The molecule has 4 rings (SSSR count). The Morgan fingerprint density at radius 1 is 0.574 bits per heavy atom. The number of alkyl carbamates (subject to hydrolysis) is 2. The van der Waals surface area contributed by atoms with Gasteiger partial charge in [0.2, 0.25) is 65.0 Å². The van der Waals surface area contributed by atoms with Gasteiger partial charge < -0.3 is 99.3 Å². The predicted octanol–water partition coefficient (Wildman–Crippen LogP) is 3.99. The molecular weight excluding hydrogens is 1600 g/mol. The minimum absolute atomic E-state index is 0.0116. The van der Waals surface area contributed by atoms with Crippen LogP contribution in [0.2, 0.25) is 0 Å². The first-order chi connectivity index (χ1) is 56.5. The highest BCUT2D eigenvalue weighted by atomic mass is 32.2. The maximum absolute atomic E-state index is 15.0. The lowest BCUT2D eigenvalue weighted by atomic mass is 9.94. The number of nitrogens with two attached hydrogens (primary N) is 2. The van der Waals surface area contributed by atoms with Gasteiger partial charge in [0.15, 0.2) is 0 Å². The van der Waals surface area contributed by atoms with E-state index in [1.54, 1.807) is 142 Å². The first-order valence-corrected chi connectivity index (χ1v) is 42.8. The van der Waals surface area contributed by atoms with Crippen LogP contribution in [0.15, 0.2) is 40.4 Å². The molecule has 0 saturated heterocycles. The minimum Gasteiger partial charge on any atom is -0.487 e. The SMILES string of the molecule is CC[C@H](C)[C@H](N)C(=O)N[C@@H](C)C(=O)N[C@@H](Cc1cn(C(=O)OC(C)(C)C)c2ccccc12)C(=O)N[C@@H](CC(C)C)C(=O)N[C@H](C(=O)N[C@@H](CCCCNC(=O)OC(C)(C)C)C(=O)NCC(=O)N[C@@H](CCCN=C(N)NS(=O)(=O)c1c(C)c(C)c2c(c1C)CC(C)(C)O2)C(=O)NCC(=O)NCC(=O)N[C@@H](CCCCNC(=O)OC(C)(C)C)C(=O)O)C(C)C. The number of rotatable bonds is 44. The second kappa shape index (κ2) is 46.4. The number of ether oxygens (including phenoxy) is 4. The van der Waals surface area contributed by atoms with Gasteiger partial charge in [-0.15, -0.1) is 0 Å². The number of carboxylic acid groups (broad SMARTS) is 1. The number of hydrogen-bond donors (Lipinski definition) is 16. The Morgan fingerprint density at radius 2 is 1.07 bits per heavy atom. The molecule has 2 aromatic carbocycles. The summed E-state index contributed by atoms with van der Waals surface area (Å²) < 4.78 is 54.1. The summed E-state index contributed by atoms with van der Waals surface area (Å²) in [6.45, 7) is 33.5. The summed E-state index contributed by atoms with van der Waals surface area (Å²) in [4.78, 5) is 195. The number of aliphatic imine (C=N–C) groups is 1. The zero-order valence-electron chi connectivity index (χ0n) is 74.5. The highest BCUT2D eigenvalue weighted by Gasteiger charge is 2.39. The first-order valence-electron chi connectivity index (χ1n) is 41.4. The summed E-state index contributed by atoms with van der Waals surface area (Å²) in [6, 6.07) is -4.09. The van der Waals surface area contributed by atoms with E-state index in [0.717, 1.165) is 5.56 Å². The van der Waals surface area contributed by atoms with Crippen LogP contribution >= 0.6 is 0 Å².